The van der Waals surface area contributed by atoms with Crippen LogP contribution in [-0.4, -0.2) is 24.3 Å². The summed E-state index contributed by atoms with van der Waals surface area (Å²) >= 11 is 0. The summed E-state index contributed by atoms with van der Waals surface area (Å²) in [6, 6.07) is 18.7. The Hall–Kier alpha value is -3.01. The van der Waals surface area contributed by atoms with Crippen LogP contribution in [0.1, 0.15) is 15.9 Å². The Morgan fingerprint density at radius 1 is 0.958 bits per heavy atom. The molecule has 0 unspecified atom stereocenters. The highest BCUT2D eigenvalue weighted by atomic mass is 16.5. The second-order valence-electron chi connectivity index (χ2n) is 5.48. The van der Waals surface area contributed by atoms with Crippen molar-refractivity contribution in [3.8, 4) is 11.5 Å². The zero-order chi connectivity index (χ0) is 16.9. The molecule has 0 atom stereocenters. The van der Waals surface area contributed by atoms with E-state index >= 15 is 0 Å². The summed E-state index contributed by atoms with van der Waals surface area (Å²) in [5, 5.41) is 11.1. The largest absolute Gasteiger partial charge is 0.490 e. The summed E-state index contributed by atoms with van der Waals surface area (Å²) in [4.78, 5) is 11.6. The highest BCUT2D eigenvalue weighted by Gasteiger charge is 2.15. The number of carboxylic acids is 1. The maximum atomic E-state index is 11.6. The Balaban J connectivity index is 1.71. The number of fused-ring (bicyclic) bond motifs is 1. The SMILES string of the molecule is Cc1cccc(OCCOc2ccc3ccccc3c2C(=O)O)c1. The molecule has 3 aromatic rings. The first kappa shape index (κ1) is 15.9. The Labute approximate surface area is 140 Å². The average molecular weight is 322 g/mol. The molecule has 0 bridgehead atoms. The van der Waals surface area contributed by atoms with Crippen molar-refractivity contribution >= 4 is 16.7 Å². The zero-order valence-electron chi connectivity index (χ0n) is 13.4. The van der Waals surface area contributed by atoms with Crippen LogP contribution in [0.3, 0.4) is 0 Å². The van der Waals surface area contributed by atoms with E-state index in [-0.39, 0.29) is 12.2 Å². The van der Waals surface area contributed by atoms with E-state index in [1.54, 1.807) is 12.1 Å². The third kappa shape index (κ3) is 3.49. The van der Waals surface area contributed by atoms with Crippen LogP contribution in [0.2, 0.25) is 0 Å². The quantitative estimate of drug-likeness (QED) is 0.687. The minimum absolute atomic E-state index is 0.184. The van der Waals surface area contributed by atoms with E-state index in [2.05, 4.69) is 0 Å². The number of carbonyl (C=O) groups is 1. The number of benzene rings is 3. The molecule has 0 saturated carbocycles. The summed E-state index contributed by atoms with van der Waals surface area (Å²) in [5.41, 5.74) is 1.31. The van der Waals surface area contributed by atoms with Gasteiger partial charge in [0.1, 0.15) is 30.3 Å². The molecule has 0 saturated heterocycles. The van der Waals surface area contributed by atoms with E-state index in [1.165, 1.54) is 0 Å². The first-order chi connectivity index (χ1) is 11.6. The molecule has 3 aromatic carbocycles. The molecule has 0 aromatic heterocycles. The molecule has 122 valence electrons. The van der Waals surface area contributed by atoms with E-state index in [0.717, 1.165) is 16.7 Å². The van der Waals surface area contributed by atoms with E-state index in [4.69, 9.17) is 9.47 Å². The predicted molar refractivity (Wildman–Crippen MR) is 93.1 cm³/mol. The topological polar surface area (TPSA) is 55.8 Å². The van der Waals surface area contributed by atoms with Gasteiger partial charge in [0.15, 0.2) is 0 Å². The summed E-state index contributed by atoms with van der Waals surface area (Å²) in [7, 11) is 0. The molecule has 1 N–H and O–H groups in total. The normalized spacial score (nSPS) is 10.5. The molecule has 3 rings (SSSR count). The Bertz CT molecular complexity index is 870. The molecular weight excluding hydrogens is 304 g/mol. The van der Waals surface area contributed by atoms with Crippen LogP contribution < -0.4 is 9.47 Å². The zero-order valence-corrected chi connectivity index (χ0v) is 13.4. The number of carboxylic acid groups (broad SMARTS) is 1. The van der Waals surface area contributed by atoms with Crippen molar-refractivity contribution in [2.45, 2.75) is 6.92 Å². The van der Waals surface area contributed by atoms with Crippen LogP contribution in [0.25, 0.3) is 10.8 Å². The van der Waals surface area contributed by atoms with Gasteiger partial charge in [0.25, 0.3) is 0 Å². The molecule has 0 aliphatic carbocycles. The lowest BCUT2D eigenvalue weighted by Crippen LogP contribution is -2.11. The first-order valence-electron chi connectivity index (χ1n) is 7.72. The number of aryl methyl sites for hydroxylation is 1. The summed E-state index contributed by atoms with van der Waals surface area (Å²) < 4.78 is 11.3. The maximum absolute atomic E-state index is 11.6. The molecule has 24 heavy (non-hydrogen) atoms. The van der Waals surface area contributed by atoms with Gasteiger partial charge in [-0.2, -0.15) is 0 Å². The van der Waals surface area contributed by atoms with Gasteiger partial charge in [-0.05, 0) is 41.5 Å². The van der Waals surface area contributed by atoms with Gasteiger partial charge in [0.05, 0.1) is 0 Å². The standard InChI is InChI=1S/C20H18O4/c1-14-5-4-7-16(13-14)23-11-12-24-18-10-9-15-6-2-3-8-17(15)19(18)20(21)22/h2-10,13H,11-12H2,1H3,(H,21,22). The first-order valence-corrected chi connectivity index (χ1v) is 7.72. The van der Waals surface area contributed by atoms with Gasteiger partial charge in [-0.25, -0.2) is 4.79 Å². The van der Waals surface area contributed by atoms with Gasteiger partial charge in [0, 0.05) is 0 Å². The van der Waals surface area contributed by atoms with Crippen LogP contribution in [0.15, 0.2) is 60.7 Å². The van der Waals surface area contributed by atoms with Crippen molar-refractivity contribution in [3.05, 3.63) is 71.8 Å². The molecule has 0 amide bonds. The lowest BCUT2D eigenvalue weighted by molar-refractivity contribution is 0.0693. The Kier molecular flexibility index (Phi) is 4.66. The number of rotatable bonds is 6. The van der Waals surface area contributed by atoms with Gasteiger partial charge >= 0.3 is 5.97 Å². The monoisotopic (exact) mass is 322 g/mol. The van der Waals surface area contributed by atoms with Gasteiger partial charge in [0.2, 0.25) is 0 Å². The molecule has 0 heterocycles. The minimum atomic E-state index is -0.999. The van der Waals surface area contributed by atoms with Crippen molar-refractivity contribution < 1.29 is 19.4 Å². The van der Waals surface area contributed by atoms with E-state index in [9.17, 15) is 9.90 Å². The molecule has 0 spiro atoms. The lowest BCUT2D eigenvalue weighted by atomic mass is 10.0. The molecule has 0 aliphatic rings. The van der Waals surface area contributed by atoms with Gasteiger partial charge < -0.3 is 14.6 Å². The Morgan fingerprint density at radius 2 is 1.75 bits per heavy atom. The fourth-order valence-corrected chi connectivity index (χ4v) is 2.61. The molecule has 0 radical (unpaired) electrons. The van der Waals surface area contributed by atoms with Crippen LogP contribution in [0.5, 0.6) is 11.5 Å². The highest BCUT2D eigenvalue weighted by Crippen LogP contribution is 2.28. The van der Waals surface area contributed by atoms with Crippen LogP contribution in [0, 0.1) is 6.92 Å². The number of hydrogen-bond acceptors (Lipinski definition) is 3. The third-order valence-electron chi connectivity index (χ3n) is 3.70. The fraction of sp³-hybridized carbons (Fsp3) is 0.150. The molecule has 4 nitrogen and oxygen atoms in total. The summed E-state index contributed by atoms with van der Waals surface area (Å²) in [5.74, 6) is 0.131. The number of aromatic carboxylic acids is 1. The minimum Gasteiger partial charge on any atom is -0.490 e. The molecule has 4 heteroatoms. The predicted octanol–water partition coefficient (Wildman–Crippen LogP) is 4.30. The molecule has 0 fully saturated rings. The van der Waals surface area contributed by atoms with E-state index < -0.39 is 5.97 Å². The second kappa shape index (κ2) is 7.04. The lowest BCUT2D eigenvalue weighted by Gasteiger charge is -2.12. The van der Waals surface area contributed by atoms with Crippen LogP contribution >= 0.6 is 0 Å². The highest BCUT2D eigenvalue weighted by molar-refractivity contribution is 6.06. The fourth-order valence-electron chi connectivity index (χ4n) is 2.61. The van der Waals surface area contributed by atoms with Crippen molar-refractivity contribution in [3.63, 3.8) is 0 Å². The number of hydrogen-bond donors (Lipinski definition) is 1. The van der Waals surface area contributed by atoms with Gasteiger partial charge in [-0.15, -0.1) is 0 Å². The van der Waals surface area contributed by atoms with Gasteiger partial charge in [-0.1, -0.05) is 42.5 Å². The molecular formula is C20H18O4. The average Bonchev–Trinajstić information content (AvgIpc) is 2.58. The van der Waals surface area contributed by atoms with Crippen molar-refractivity contribution in [2.75, 3.05) is 13.2 Å². The van der Waals surface area contributed by atoms with Crippen molar-refractivity contribution in [2.24, 2.45) is 0 Å². The third-order valence-corrected chi connectivity index (χ3v) is 3.70. The Morgan fingerprint density at radius 3 is 2.54 bits per heavy atom. The van der Waals surface area contributed by atoms with E-state index in [0.29, 0.717) is 17.7 Å². The van der Waals surface area contributed by atoms with E-state index in [1.807, 2.05) is 55.5 Å². The van der Waals surface area contributed by atoms with Crippen LogP contribution in [0.4, 0.5) is 0 Å². The van der Waals surface area contributed by atoms with Crippen molar-refractivity contribution in [1.29, 1.82) is 0 Å². The van der Waals surface area contributed by atoms with Crippen LogP contribution in [-0.2, 0) is 0 Å². The molecule has 0 aliphatic heterocycles. The maximum Gasteiger partial charge on any atom is 0.340 e. The smallest absolute Gasteiger partial charge is 0.340 e. The second-order valence-corrected chi connectivity index (χ2v) is 5.48. The number of ether oxygens (including phenoxy) is 2. The van der Waals surface area contributed by atoms with Crippen molar-refractivity contribution in [1.82, 2.24) is 0 Å². The summed E-state index contributed by atoms with van der Waals surface area (Å²) in [6.07, 6.45) is 0. The summed E-state index contributed by atoms with van der Waals surface area (Å²) in [6.45, 7) is 2.61. The van der Waals surface area contributed by atoms with Gasteiger partial charge in [-0.3, -0.25) is 0 Å².